The average molecular weight is 393 g/mol. The molecule has 1 N–H and O–H groups in total. The van der Waals surface area contributed by atoms with Gasteiger partial charge in [0.25, 0.3) is 5.91 Å². The van der Waals surface area contributed by atoms with Crippen LogP contribution in [0.3, 0.4) is 0 Å². The monoisotopic (exact) mass is 393 g/mol. The second-order valence-electron chi connectivity index (χ2n) is 5.84. The van der Waals surface area contributed by atoms with Crippen LogP contribution in [0, 0.1) is 13.8 Å². The van der Waals surface area contributed by atoms with Gasteiger partial charge < -0.3 is 10.1 Å². The minimum Gasteiger partial charge on any atom is -0.438 e. The predicted octanol–water partition coefficient (Wildman–Crippen LogP) is 3.18. The van der Waals surface area contributed by atoms with Crippen molar-refractivity contribution in [3.63, 3.8) is 0 Å². The molecule has 3 heterocycles. The number of hydrogen-bond donors (Lipinski definition) is 1. The fraction of sp³-hybridized carbons (Fsp3) is 0.111. The van der Waals surface area contributed by atoms with Crippen molar-refractivity contribution in [3.05, 3.63) is 65.2 Å². The topological polar surface area (TPSA) is 108 Å². The summed E-state index contributed by atoms with van der Waals surface area (Å²) >= 11 is 1.06. The van der Waals surface area contributed by atoms with Gasteiger partial charge >= 0.3 is 0 Å². The Morgan fingerprint density at radius 2 is 1.89 bits per heavy atom. The van der Waals surface area contributed by atoms with Gasteiger partial charge in [0.1, 0.15) is 16.5 Å². The lowest BCUT2D eigenvalue weighted by atomic mass is 10.3. The van der Waals surface area contributed by atoms with E-state index in [9.17, 15) is 4.79 Å². The largest absolute Gasteiger partial charge is 0.438 e. The van der Waals surface area contributed by atoms with E-state index in [4.69, 9.17) is 4.74 Å². The molecule has 0 bridgehead atoms. The van der Waals surface area contributed by atoms with E-state index in [-0.39, 0.29) is 5.91 Å². The molecule has 0 aliphatic heterocycles. The van der Waals surface area contributed by atoms with Crippen LogP contribution in [0.5, 0.6) is 11.6 Å². The highest BCUT2D eigenvalue weighted by Gasteiger charge is 2.13. The molecule has 9 nitrogen and oxygen atoms in total. The second kappa shape index (κ2) is 7.53. The molecule has 10 heteroatoms. The minimum atomic E-state index is -0.239. The highest BCUT2D eigenvalue weighted by molar-refractivity contribution is 7.08. The van der Waals surface area contributed by atoms with Gasteiger partial charge in [-0.1, -0.05) is 4.49 Å². The predicted molar refractivity (Wildman–Crippen MR) is 103 cm³/mol. The summed E-state index contributed by atoms with van der Waals surface area (Å²) in [6.45, 7) is 3.63. The first-order valence-electron chi connectivity index (χ1n) is 8.32. The van der Waals surface area contributed by atoms with E-state index in [1.807, 2.05) is 17.7 Å². The van der Waals surface area contributed by atoms with Crippen molar-refractivity contribution in [2.75, 3.05) is 5.32 Å². The number of amides is 1. The Balaban J connectivity index is 1.41. The third kappa shape index (κ3) is 3.71. The van der Waals surface area contributed by atoms with Crippen LogP contribution in [0.1, 0.15) is 21.2 Å². The normalized spacial score (nSPS) is 10.6. The van der Waals surface area contributed by atoms with Crippen LogP contribution < -0.4 is 10.1 Å². The molecule has 0 saturated carbocycles. The van der Waals surface area contributed by atoms with Crippen molar-refractivity contribution in [1.29, 1.82) is 0 Å². The highest BCUT2D eigenvalue weighted by atomic mass is 32.1. The van der Waals surface area contributed by atoms with Gasteiger partial charge in [-0.3, -0.25) is 9.36 Å². The summed E-state index contributed by atoms with van der Waals surface area (Å²) < 4.78 is 11.3. The Hall–Kier alpha value is -3.66. The molecule has 0 radical (unpaired) electrons. The van der Waals surface area contributed by atoms with Gasteiger partial charge in [0.2, 0.25) is 5.88 Å². The summed E-state index contributed by atoms with van der Waals surface area (Å²) in [5.41, 5.74) is 1.25. The lowest BCUT2D eigenvalue weighted by Crippen LogP contribution is -2.11. The number of rotatable bonds is 5. The fourth-order valence-electron chi connectivity index (χ4n) is 2.47. The number of nitrogens with zero attached hydrogens (tertiary/aromatic N) is 6. The van der Waals surface area contributed by atoms with Crippen molar-refractivity contribution >= 4 is 23.1 Å². The summed E-state index contributed by atoms with van der Waals surface area (Å²) in [5.74, 6) is 2.19. The Kier molecular flexibility index (Phi) is 4.77. The zero-order valence-electron chi connectivity index (χ0n) is 15.0. The minimum absolute atomic E-state index is 0.239. The summed E-state index contributed by atoms with van der Waals surface area (Å²) in [5, 5.41) is 14.9. The molecule has 0 aliphatic rings. The lowest BCUT2D eigenvalue weighted by Gasteiger charge is -2.08. The molecule has 4 rings (SSSR count). The first kappa shape index (κ1) is 17.7. The van der Waals surface area contributed by atoms with Gasteiger partial charge in [0.15, 0.2) is 5.82 Å². The van der Waals surface area contributed by atoms with E-state index in [0.717, 1.165) is 17.4 Å². The van der Waals surface area contributed by atoms with Crippen LogP contribution in [0.2, 0.25) is 0 Å². The van der Waals surface area contributed by atoms with Gasteiger partial charge in [0, 0.05) is 24.1 Å². The number of hydrogen-bond acceptors (Lipinski definition) is 8. The summed E-state index contributed by atoms with van der Waals surface area (Å²) in [6.07, 6.45) is 3.52. The number of anilines is 1. The van der Waals surface area contributed by atoms with Crippen LogP contribution >= 0.6 is 11.5 Å². The van der Waals surface area contributed by atoms with Crippen molar-refractivity contribution in [2.24, 2.45) is 0 Å². The molecule has 28 heavy (non-hydrogen) atoms. The molecule has 0 atom stereocenters. The molecular weight excluding hydrogens is 378 g/mol. The van der Waals surface area contributed by atoms with Gasteiger partial charge in [-0.2, -0.15) is 0 Å². The number of aryl methyl sites for hydroxylation is 2. The number of nitrogens with one attached hydrogen (secondary N) is 1. The smallest absolute Gasteiger partial charge is 0.269 e. The SMILES string of the molecule is Cc1nnsc1C(=O)Nc1ccc(Oc2ccc(-n3ccnc3C)nn2)cc1. The molecule has 140 valence electrons. The Morgan fingerprint density at radius 3 is 2.50 bits per heavy atom. The van der Waals surface area contributed by atoms with Crippen LogP contribution in [0.15, 0.2) is 48.8 Å². The third-order valence-electron chi connectivity index (χ3n) is 3.89. The van der Waals surface area contributed by atoms with Crippen molar-refractivity contribution in [2.45, 2.75) is 13.8 Å². The van der Waals surface area contributed by atoms with Gasteiger partial charge in [-0.25, -0.2) is 4.98 Å². The summed E-state index contributed by atoms with van der Waals surface area (Å²) in [6, 6.07) is 10.5. The molecule has 1 aromatic carbocycles. The molecule has 0 aliphatic carbocycles. The number of ether oxygens (including phenoxy) is 1. The van der Waals surface area contributed by atoms with Crippen molar-refractivity contribution in [1.82, 2.24) is 29.3 Å². The van der Waals surface area contributed by atoms with E-state index in [2.05, 4.69) is 30.1 Å². The fourth-order valence-corrected chi connectivity index (χ4v) is 3.02. The first-order valence-corrected chi connectivity index (χ1v) is 9.10. The first-order chi connectivity index (χ1) is 13.6. The quantitative estimate of drug-likeness (QED) is 0.555. The number of benzene rings is 1. The van der Waals surface area contributed by atoms with Gasteiger partial charge in [-0.15, -0.1) is 15.3 Å². The summed E-state index contributed by atoms with van der Waals surface area (Å²) in [7, 11) is 0. The number of carbonyl (C=O) groups is 1. The molecule has 1 amide bonds. The maximum absolute atomic E-state index is 12.2. The number of imidazole rings is 1. The van der Waals surface area contributed by atoms with Crippen molar-refractivity contribution < 1.29 is 9.53 Å². The number of aromatic nitrogens is 6. The molecule has 0 fully saturated rings. The zero-order valence-corrected chi connectivity index (χ0v) is 15.8. The highest BCUT2D eigenvalue weighted by Crippen LogP contribution is 2.22. The van der Waals surface area contributed by atoms with E-state index in [1.54, 1.807) is 49.5 Å². The standard InChI is InChI=1S/C18H15N7O2S/c1-11-17(28-24-21-11)18(26)20-13-3-5-14(6-4-13)27-16-8-7-15(22-23-16)25-10-9-19-12(25)2/h3-10H,1-2H3,(H,20,26). The average Bonchev–Trinajstić information content (AvgIpc) is 3.32. The Morgan fingerprint density at radius 1 is 1.07 bits per heavy atom. The van der Waals surface area contributed by atoms with Crippen LogP contribution in [-0.4, -0.2) is 35.2 Å². The lowest BCUT2D eigenvalue weighted by molar-refractivity contribution is 0.103. The van der Waals surface area contributed by atoms with Gasteiger partial charge in [-0.05, 0) is 55.7 Å². The van der Waals surface area contributed by atoms with Crippen LogP contribution in [0.25, 0.3) is 5.82 Å². The van der Waals surface area contributed by atoms with Crippen LogP contribution in [-0.2, 0) is 0 Å². The second-order valence-corrected chi connectivity index (χ2v) is 6.60. The summed E-state index contributed by atoms with van der Waals surface area (Å²) in [4.78, 5) is 16.8. The molecule has 3 aromatic heterocycles. The molecule has 4 aromatic rings. The Bertz CT molecular complexity index is 1100. The number of carbonyl (C=O) groups excluding carboxylic acids is 1. The zero-order chi connectivity index (χ0) is 19.5. The maximum atomic E-state index is 12.2. The third-order valence-corrected chi connectivity index (χ3v) is 4.72. The maximum Gasteiger partial charge on any atom is 0.269 e. The molecule has 0 unspecified atom stereocenters. The molecule has 0 saturated heterocycles. The van der Waals surface area contributed by atoms with E-state index < -0.39 is 0 Å². The van der Waals surface area contributed by atoms with Crippen molar-refractivity contribution in [3.8, 4) is 17.4 Å². The molecule has 0 spiro atoms. The van der Waals surface area contributed by atoms with E-state index >= 15 is 0 Å². The Labute approximate surface area is 164 Å². The van der Waals surface area contributed by atoms with Crippen LogP contribution in [0.4, 0.5) is 5.69 Å². The molecular formula is C18H15N7O2S. The van der Waals surface area contributed by atoms with E-state index in [0.29, 0.717) is 33.7 Å². The van der Waals surface area contributed by atoms with E-state index in [1.165, 1.54) is 0 Å². The van der Waals surface area contributed by atoms with Gasteiger partial charge in [0.05, 0.1) is 5.69 Å².